The molecule has 0 spiro atoms. The summed E-state index contributed by atoms with van der Waals surface area (Å²) in [5.74, 6) is 7.06. The Morgan fingerprint density at radius 1 is 1.18 bits per heavy atom. The summed E-state index contributed by atoms with van der Waals surface area (Å²) in [6.45, 7) is 6.60. The lowest BCUT2D eigenvalue weighted by atomic mass is 10.1. The Hall–Kier alpha value is -0.440. The molecule has 0 amide bonds. The molecule has 0 aliphatic rings. The van der Waals surface area contributed by atoms with Crippen molar-refractivity contribution in [3.8, 4) is 11.8 Å². The van der Waals surface area contributed by atoms with Gasteiger partial charge in [0.15, 0.2) is 0 Å². The third kappa shape index (κ3) is 7.46. The lowest BCUT2D eigenvalue weighted by molar-refractivity contribution is 0.714. The first-order valence-electron chi connectivity index (χ1n) is 4.79. The van der Waals surface area contributed by atoms with Crippen LogP contribution in [0.3, 0.4) is 0 Å². The van der Waals surface area contributed by atoms with Crippen molar-refractivity contribution < 1.29 is 0 Å². The van der Waals surface area contributed by atoms with Gasteiger partial charge in [-0.3, -0.25) is 0 Å². The molecule has 1 unspecified atom stereocenters. The van der Waals surface area contributed by atoms with Gasteiger partial charge in [-0.2, -0.15) is 0 Å². The lowest BCUT2D eigenvalue weighted by Gasteiger charge is -1.94. The van der Waals surface area contributed by atoms with Crippen LogP contribution in [-0.4, -0.2) is 0 Å². The molecular weight excluding hydrogens is 132 g/mol. The van der Waals surface area contributed by atoms with Crippen LogP contribution in [0.5, 0.6) is 0 Å². The van der Waals surface area contributed by atoms with Gasteiger partial charge in [-0.25, -0.2) is 0 Å². The van der Waals surface area contributed by atoms with Crippen LogP contribution in [0.25, 0.3) is 0 Å². The third-order valence-corrected chi connectivity index (χ3v) is 1.87. The SMILES string of the molecule is CCCCCC#CC(C)CC. The highest BCUT2D eigenvalue weighted by Gasteiger charge is 1.88. The second-order valence-corrected chi connectivity index (χ2v) is 3.09. The van der Waals surface area contributed by atoms with Crippen molar-refractivity contribution in [1.29, 1.82) is 0 Å². The van der Waals surface area contributed by atoms with Crippen molar-refractivity contribution in [2.24, 2.45) is 5.92 Å². The normalized spacial score (nSPS) is 11.9. The molecule has 0 heterocycles. The monoisotopic (exact) mass is 152 g/mol. The molecule has 0 aromatic heterocycles. The zero-order chi connectivity index (χ0) is 8.53. The largest absolute Gasteiger partial charge is 0.103 e. The van der Waals surface area contributed by atoms with E-state index in [9.17, 15) is 0 Å². The van der Waals surface area contributed by atoms with Crippen LogP contribution in [0.2, 0.25) is 0 Å². The molecule has 0 nitrogen and oxygen atoms in total. The van der Waals surface area contributed by atoms with E-state index in [-0.39, 0.29) is 0 Å². The van der Waals surface area contributed by atoms with Crippen molar-refractivity contribution in [1.82, 2.24) is 0 Å². The molecule has 0 aliphatic carbocycles. The fourth-order valence-corrected chi connectivity index (χ4v) is 0.812. The van der Waals surface area contributed by atoms with Crippen molar-refractivity contribution in [2.45, 2.75) is 52.9 Å². The molecule has 0 N–H and O–H groups in total. The number of hydrogen-bond acceptors (Lipinski definition) is 0. The maximum absolute atomic E-state index is 3.24. The van der Waals surface area contributed by atoms with Crippen molar-refractivity contribution in [3.63, 3.8) is 0 Å². The number of hydrogen-bond donors (Lipinski definition) is 0. The molecule has 0 rings (SSSR count). The average molecular weight is 152 g/mol. The van der Waals surface area contributed by atoms with Gasteiger partial charge in [0, 0.05) is 12.3 Å². The Balaban J connectivity index is 3.25. The molecule has 0 bridgehead atoms. The van der Waals surface area contributed by atoms with E-state index in [1.165, 1.54) is 25.7 Å². The lowest BCUT2D eigenvalue weighted by Crippen LogP contribution is -1.84. The first-order chi connectivity index (χ1) is 5.31. The maximum atomic E-state index is 3.24. The first kappa shape index (κ1) is 10.6. The minimum absolute atomic E-state index is 0.594. The summed E-state index contributed by atoms with van der Waals surface area (Å²) < 4.78 is 0. The van der Waals surface area contributed by atoms with E-state index >= 15 is 0 Å². The fourth-order valence-electron chi connectivity index (χ4n) is 0.812. The van der Waals surface area contributed by atoms with Crippen molar-refractivity contribution in [3.05, 3.63) is 0 Å². The van der Waals surface area contributed by atoms with Gasteiger partial charge in [-0.15, -0.1) is 11.8 Å². The van der Waals surface area contributed by atoms with Crippen LogP contribution >= 0.6 is 0 Å². The second-order valence-electron chi connectivity index (χ2n) is 3.09. The molecule has 0 aromatic rings. The molecule has 0 aliphatic heterocycles. The maximum Gasteiger partial charge on any atom is 0.0171 e. The van der Waals surface area contributed by atoms with E-state index in [1.807, 2.05) is 0 Å². The number of rotatable bonds is 4. The predicted molar refractivity (Wildman–Crippen MR) is 51.4 cm³/mol. The van der Waals surface area contributed by atoms with Crippen LogP contribution in [-0.2, 0) is 0 Å². The van der Waals surface area contributed by atoms with Gasteiger partial charge < -0.3 is 0 Å². The van der Waals surface area contributed by atoms with Crippen molar-refractivity contribution >= 4 is 0 Å². The van der Waals surface area contributed by atoms with Crippen LogP contribution in [0.1, 0.15) is 52.9 Å². The Kier molecular flexibility index (Phi) is 7.36. The van der Waals surface area contributed by atoms with Gasteiger partial charge >= 0.3 is 0 Å². The summed E-state index contributed by atoms with van der Waals surface area (Å²) in [5.41, 5.74) is 0. The van der Waals surface area contributed by atoms with Gasteiger partial charge in [0.05, 0.1) is 0 Å². The van der Waals surface area contributed by atoms with E-state index in [2.05, 4.69) is 32.6 Å². The van der Waals surface area contributed by atoms with Gasteiger partial charge in [-0.05, 0) is 12.8 Å². The zero-order valence-corrected chi connectivity index (χ0v) is 8.11. The molecule has 0 fully saturated rings. The van der Waals surface area contributed by atoms with Gasteiger partial charge in [0.25, 0.3) is 0 Å². The third-order valence-electron chi connectivity index (χ3n) is 1.87. The summed E-state index contributed by atoms with van der Waals surface area (Å²) in [4.78, 5) is 0. The van der Waals surface area contributed by atoms with Gasteiger partial charge in [-0.1, -0.05) is 33.6 Å². The molecule has 11 heavy (non-hydrogen) atoms. The molecule has 0 heteroatoms. The van der Waals surface area contributed by atoms with Crippen LogP contribution < -0.4 is 0 Å². The summed E-state index contributed by atoms with van der Waals surface area (Å²) in [5, 5.41) is 0. The summed E-state index contributed by atoms with van der Waals surface area (Å²) >= 11 is 0. The van der Waals surface area contributed by atoms with Gasteiger partial charge in [0.2, 0.25) is 0 Å². The average Bonchev–Trinajstić information content (AvgIpc) is 2.04. The molecular formula is C11H20. The Morgan fingerprint density at radius 3 is 2.45 bits per heavy atom. The highest BCUT2D eigenvalue weighted by molar-refractivity contribution is 5.01. The van der Waals surface area contributed by atoms with E-state index < -0.39 is 0 Å². The molecule has 0 aromatic carbocycles. The fraction of sp³-hybridized carbons (Fsp3) is 0.818. The van der Waals surface area contributed by atoms with Crippen molar-refractivity contribution in [2.75, 3.05) is 0 Å². The highest BCUT2D eigenvalue weighted by atomic mass is 13.9. The summed E-state index contributed by atoms with van der Waals surface area (Å²) in [6, 6.07) is 0. The summed E-state index contributed by atoms with van der Waals surface area (Å²) in [7, 11) is 0. The molecule has 1 atom stereocenters. The smallest absolute Gasteiger partial charge is 0.0171 e. The minimum Gasteiger partial charge on any atom is -0.103 e. The summed E-state index contributed by atoms with van der Waals surface area (Å²) in [6.07, 6.45) is 6.18. The zero-order valence-electron chi connectivity index (χ0n) is 8.11. The van der Waals surface area contributed by atoms with Crippen LogP contribution in [0.4, 0.5) is 0 Å². The quantitative estimate of drug-likeness (QED) is 0.426. The predicted octanol–water partition coefficient (Wildman–Crippen LogP) is 3.62. The van der Waals surface area contributed by atoms with E-state index in [0.717, 1.165) is 6.42 Å². The van der Waals surface area contributed by atoms with E-state index in [1.54, 1.807) is 0 Å². The first-order valence-corrected chi connectivity index (χ1v) is 4.79. The van der Waals surface area contributed by atoms with Crippen LogP contribution in [0.15, 0.2) is 0 Å². The Bertz CT molecular complexity index is 125. The second kappa shape index (κ2) is 7.66. The van der Waals surface area contributed by atoms with Gasteiger partial charge in [0.1, 0.15) is 0 Å². The molecule has 0 radical (unpaired) electrons. The molecule has 0 saturated heterocycles. The molecule has 64 valence electrons. The Labute approximate surface area is 71.4 Å². The van der Waals surface area contributed by atoms with E-state index in [0.29, 0.717) is 5.92 Å². The Morgan fingerprint density at radius 2 is 1.91 bits per heavy atom. The highest BCUT2D eigenvalue weighted by Crippen LogP contribution is 2.00. The number of unbranched alkanes of at least 4 members (excludes halogenated alkanes) is 3. The topological polar surface area (TPSA) is 0 Å². The minimum atomic E-state index is 0.594. The van der Waals surface area contributed by atoms with Crippen LogP contribution in [0, 0.1) is 17.8 Å². The van der Waals surface area contributed by atoms with E-state index in [4.69, 9.17) is 0 Å². The molecule has 0 saturated carbocycles. The standard InChI is InChI=1S/C11H20/c1-4-6-7-8-9-10-11(3)5-2/h11H,4-8H2,1-3H3.